The Kier molecular flexibility index (Phi) is 2.19. The van der Waals surface area contributed by atoms with Gasteiger partial charge in [0.2, 0.25) is 0 Å². The van der Waals surface area contributed by atoms with Crippen molar-refractivity contribution in [3.8, 4) is 0 Å². The summed E-state index contributed by atoms with van der Waals surface area (Å²) in [6, 6.07) is 13.3. The van der Waals surface area contributed by atoms with Crippen LogP contribution < -0.4 is 10.4 Å². The zero-order valence-corrected chi connectivity index (χ0v) is 11.0. The van der Waals surface area contributed by atoms with E-state index in [-0.39, 0.29) is 0 Å². The second-order valence-electron chi connectivity index (χ2n) is 5.33. The maximum atomic E-state index is 2.34. The molecular formula is C19H15+. The van der Waals surface area contributed by atoms with Gasteiger partial charge in [-0.1, -0.05) is 24.3 Å². The van der Waals surface area contributed by atoms with Crippen molar-refractivity contribution in [2.75, 3.05) is 0 Å². The molecule has 0 spiro atoms. The molecule has 0 aromatic heterocycles. The minimum Gasteiger partial charge on any atom is -0.0619 e. The highest BCUT2D eigenvalue weighted by atomic mass is 14.2. The number of fused-ring (bicyclic) bond motifs is 4. The van der Waals surface area contributed by atoms with Gasteiger partial charge in [0.1, 0.15) is 5.56 Å². The topological polar surface area (TPSA) is 0 Å². The largest absolute Gasteiger partial charge is 0.107 e. The molecule has 0 saturated heterocycles. The molecule has 90 valence electrons. The second kappa shape index (κ2) is 3.89. The quantitative estimate of drug-likeness (QED) is 0.533. The molecular weight excluding hydrogens is 228 g/mol. The summed E-state index contributed by atoms with van der Waals surface area (Å²) in [5.41, 5.74) is 5.61. The molecule has 0 saturated carbocycles. The summed E-state index contributed by atoms with van der Waals surface area (Å²) in [7, 11) is 0. The molecule has 2 aliphatic rings. The van der Waals surface area contributed by atoms with E-state index in [9.17, 15) is 0 Å². The van der Waals surface area contributed by atoms with E-state index in [1.165, 1.54) is 38.6 Å². The molecule has 0 N–H and O–H groups in total. The fourth-order valence-electron chi connectivity index (χ4n) is 3.10. The normalized spacial score (nSPS) is 14.9. The monoisotopic (exact) mass is 243 g/mol. The third-order valence-corrected chi connectivity index (χ3v) is 4.15. The van der Waals surface area contributed by atoms with E-state index in [1.807, 2.05) is 0 Å². The number of hydrogen-bond acceptors (Lipinski definition) is 0. The molecule has 0 atom stereocenters. The van der Waals surface area contributed by atoms with Gasteiger partial charge in [-0.15, -0.1) is 0 Å². The van der Waals surface area contributed by atoms with Gasteiger partial charge in [0.15, 0.2) is 0 Å². The van der Waals surface area contributed by atoms with Crippen LogP contribution in [0.1, 0.15) is 29.2 Å². The van der Waals surface area contributed by atoms with Crippen molar-refractivity contribution >= 4 is 12.2 Å². The van der Waals surface area contributed by atoms with Crippen LogP contribution in [0.3, 0.4) is 0 Å². The first-order valence-electron chi connectivity index (χ1n) is 6.77. The van der Waals surface area contributed by atoms with Crippen LogP contribution in [0.25, 0.3) is 12.2 Å². The van der Waals surface area contributed by atoms with Crippen molar-refractivity contribution in [3.05, 3.63) is 87.2 Å². The van der Waals surface area contributed by atoms with Gasteiger partial charge in [0, 0.05) is 41.9 Å². The summed E-state index contributed by atoms with van der Waals surface area (Å²) < 4.78 is 0. The maximum Gasteiger partial charge on any atom is 0.107 e. The number of rotatable bonds is 0. The molecule has 0 radical (unpaired) electrons. The lowest BCUT2D eigenvalue weighted by atomic mass is 9.86. The number of hydrogen-bond donors (Lipinski definition) is 0. The van der Waals surface area contributed by atoms with E-state index in [4.69, 9.17) is 0 Å². The van der Waals surface area contributed by atoms with Gasteiger partial charge in [0.25, 0.3) is 0 Å². The molecule has 0 fully saturated rings. The first-order chi connectivity index (χ1) is 9.33. The molecule has 0 heterocycles. The molecule has 19 heavy (non-hydrogen) atoms. The van der Waals surface area contributed by atoms with Gasteiger partial charge in [-0.2, -0.15) is 0 Å². The summed E-state index contributed by atoms with van der Waals surface area (Å²) >= 11 is 0. The Balaban J connectivity index is 2.10. The highest BCUT2D eigenvalue weighted by Gasteiger charge is 2.19. The lowest BCUT2D eigenvalue weighted by Gasteiger charge is -2.14. The Hall–Kier alpha value is -2.21. The Morgan fingerprint density at radius 1 is 0.947 bits per heavy atom. The fraction of sp³-hybridized carbons (Fsp3) is 0.105. The lowest BCUT2D eigenvalue weighted by molar-refractivity contribution is 1.10. The Morgan fingerprint density at radius 2 is 1.84 bits per heavy atom. The van der Waals surface area contributed by atoms with Crippen LogP contribution in [0, 0.1) is 5.92 Å². The minimum absolute atomic E-state index is 1.05. The van der Waals surface area contributed by atoms with E-state index in [2.05, 4.69) is 67.6 Å². The van der Waals surface area contributed by atoms with E-state index >= 15 is 0 Å². The Morgan fingerprint density at radius 3 is 2.79 bits per heavy atom. The predicted octanol–water partition coefficient (Wildman–Crippen LogP) is 2.71. The van der Waals surface area contributed by atoms with Gasteiger partial charge in [0.05, 0.1) is 5.22 Å². The molecule has 2 aliphatic carbocycles. The summed E-state index contributed by atoms with van der Waals surface area (Å²) in [5, 5.41) is 2.78. The van der Waals surface area contributed by atoms with Gasteiger partial charge in [-0.25, -0.2) is 0 Å². The summed E-state index contributed by atoms with van der Waals surface area (Å²) in [6.07, 6.45) is 9.98. The van der Waals surface area contributed by atoms with Crippen molar-refractivity contribution in [2.45, 2.75) is 13.3 Å². The highest BCUT2D eigenvalue weighted by Crippen LogP contribution is 2.19. The average molecular weight is 243 g/mol. The van der Waals surface area contributed by atoms with Crippen LogP contribution in [-0.2, 0) is 6.42 Å². The van der Waals surface area contributed by atoms with Crippen molar-refractivity contribution in [2.24, 2.45) is 0 Å². The molecule has 0 heteroatoms. The first kappa shape index (κ1) is 10.7. The third kappa shape index (κ3) is 1.57. The van der Waals surface area contributed by atoms with Gasteiger partial charge >= 0.3 is 0 Å². The molecule has 0 nitrogen and oxygen atoms in total. The highest BCUT2D eigenvalue weighted by molar-refractivity contribution is 5.63. The molecule has 2 aromatic carbocycles. The van der Waals surface area contributed by atoms with E-state index < -0.39 is 0 Å². The van der Waals surface area contributed by atoms with Crippen LogP contribution in [0.4, 0.5) is 0 Å². The Bertz CT molecular complexity index is 806. The fourth-order valence-corrected chi connectivity index (χ4v) is 3.10. The predicted molar refractivity (Wildman–Crippen MR) is 80.1 cm³/mol. The Labute approximate surface area is 113 Å². The zero-order chi connectivity index (χ0) is 12.8. The molecule has 0 amide bonds. The van der Waals surface area contributed by atoms with E-state index in [0.717, 1.165) is 6.42 Å². The maximum absolute atomic E-state index is 2.34. The van der Waals surface area contributed by atoms with Crippen LogP contribution in [0.2, 0.25) is 0 Å². The lowest BCUT2D eigenvalue weighted by Crippen LogP contribution is -2.35. The van der Waals surface area contributed by atoms with Crippen molar-refractivity contribution in [3.63, 3.8) is 0 Å². The molecule has 0 unspecified atom stereocenters. The standard InChI is InChI=1S/C19H15/c1-13-5-4-8-18-17(13)10-9-16-11-14-6-2-3-7-15(14)12-19(16)18/h2-10,12H,11H2,1H3/q+1. The zero-order valence-electron chi connectivity index (χ0n) is 11.0. The smallest absolute Gasteiger partial charge is 0.0619 e. The molecule has 2 aromatic rings. The summed E-state index contributed by atoms with van der Waals surface area (Å²) in [5.74, 6) is 1.35. The van der Waals surface area contributed by atoms with Crippen LogP contribution in [-0.4, -0.2) is 0 Å². The SMILES string of the molecule is C[C+]1C=CC=c2c1ccc1c2=Cc2ccccc2C1. The molecule has 4 rings (SSSR count). The van der Waals surface area contributed by atoms with E-state index in [1.54, 1.807) is 0 Å². The third-order valence-electron chi connectivity index (χ3n) is 4.15. The van der Waals surface area contributed by atoms with Crippen LogP contribution in [0.5, 0.6) is 0 Å². The van der Waals surface area contributed by atoms with E-state index in [0.29, 0.717) is 0 Å². The van der Waals surface area contributed by atoms with Crippen molar-refractivity contribution in [1.29, 1.82) is 0 Å². The number of benzene rings is 2. The summed E-state index contributed by atoms with van der Waals surface area (Å²) in [4.78, 5) is 0. The first-order valence-corrected chi connectivity index (χ1v) is 6.77. The van der Waals surface area contributed by atoms with Crippen LogP contribution >= 0.6 is 0 Å². The van der Waals surface area contributed by atoms with Gasteiger partial charge in [-0.05, 0) is 35.8 Å². The number of allylic oxidation sites excluding steroid dienone is 2. The van der Waals surface area contributed by atoms with Gasteiger partial charge in [-0.3, -0.25) is 0 Å². The molecule has 0 bridgehead atoms. The summed E-state index contributed by atoms with van der Waals surface area (Å²) in [6.45, 7) is 2.19. The molecule has 0 aliphatic heterocycles. The second-order valence-corrected chi connectivity index (χ2v) is 5.33. The van der Waals surface area contributed by atoms with Crippen molar-refractivity contribution < 1.29 is 0 Å². The minimum atomic E-state index is 1.05. The average Bonchev–Trinajstić information content (AvgIpc) is 2.45. The van der Waals surface area contributed by atoms with Gasteiger partial charge < -0.3 is 0 Å². The van der Waals surface area contributed by atoms with Crippen molar-refractivity contribution in [1.82, 2.24) is 0 Å². The van der Waals surface area contributed by atoms with Crippen LogP contribution in [0.15, 0.2) is 48.6 Å².